The Kier molecular flexibility index (Phi) is 5.55. The molecule has 0 bridgehead atoms. The van der Waals surface area contributed by atoms with Crippen LogP contribution in [0.3, 0.4) is 0 Å². The van der Waals surface area contributed by atoms with Crippen LogP contribution in [0.4, 0.5) is 5.00 Å². The zero-order chi connectivity index (χ0) is 17.0. The summed E-state index contributed by atoms with van der Waals surface area (Å²) in [6.45, 7) is 5.90. The van der Waals surface area contributed by atoms with Gasteiger partial charge in [0.15, 0.2) is 0 Å². The van der Waals surface area contributed by atoms with Gasteiger partial charge in [-0.1, -0.05) is 43.7 Å². The summed E-state index contributed by atoms with van der Waals surface area (Å²) in [5.41, 5.74) is 2.76. The number of carbonyl (C=O) groups is 2. The van der Waals surface area contributed by atoms with Crippen LogP contribution in [0.25, 0.3) is 11.1 Å². The Morgan fingerprint density at radius 3 is 2.30 bits per heavy atom. The molecule has 1 aromatic carbocycles. The second-order valence-corrected chi connectivity index (χ2v) is 6.41. The average Bonchev–Trinajstić information content (AvgIpc) is 2.93. The lowest BCUT2D eigenvalue weighted by molar-refractivity contribution is -0.120. The Morgan fingerprint density at radius 1 is 1.17 bits per heavy atom. The maximum Gasteiger partial charge on any atom is 0.339 e. The van der Waals surface area contributed by atoms with E-state index in [0.29, 0.717) is 10.6 Å². The van der Waals surface area contributed by atoms with E-state index in [1.807, 2.05) is 45.0 Å². The highest BCUT2D eigenvalue weighted by Crippen LogP contribution is 2.36. The van der Waals surface area contributed by atoms with Crippen molar-refractivity contribution in [2.24, 2.45) is 5.92 Å². The standard InChI is InChI=1S/C18H21NO3S/c1-4-12(5-2)16(20)19-17-15(18(21)22)14(10-23-17)13-8-6-11(3)7-9-13/h6-10,12H,4-5H2,1-3H3,(H,19,20)(H,21,22). The van der Waals surface area contributed by atoms with Crippen LogP contribution in [0.2, 0.25) is 0 Å². The molecular weight excluding hydrogens is 310 g/mol. The summed E-state index contributed by atoms with van der Waals surface area (Å²) in [6.07, 6.45) is 1.47. The number of carboxylic acid groups (broad SMARTS) is 1. The number of nitrogens with one attached hydrogen (secondary N) is 1. The first-order valence-electron chi connectivity index (χ1n) is 7.70. The fraction of sp³-hybridized carbons (Fsp3) is 0.333. The molecule has 0 spiro atoms. The average molecular weight is 331 g/mol. The van der Waals surface area contributed by atoms with E-state index >= 15 is 0 Å². The van der Waals surface area contributed by atoms with Crippen LogP contribution in [0.15, 0.2) is 29.6 Å². The van der Waals surface area contributed by atoms with Crippen molar-refractivity contribution in [3.63, 3.8) is 0 Å². The van der Waals surface area contributed by atoms with E-state index in [-0.39, 0.29) is 17.4 Å². The lowest BCUT2D eigenvalue weighted by Gasteiger charge is -2.12. The van der Waals surface area contributed by atoms with E-state index in [0.717, 1.165) is 24.0 Å². The molecule has 1 heterocycles. The van der Waals surface area contributed by atoms with Crippen LogP contribution in [-0.4, -0.2) is 17.0 Å². The van der Waals surface area contributed by atoms with Gasteiger partial charge in [-0.25, -0.2) is 4.79 Å². The monoisotopic (exact) mass is 331 g/mol. The van der Waals surface area contributed by atoms with Crippen LogP contribution in [0.1, 0.15) is 42.6 Å². The summed E-state index contributed by atoms with van der Waals surface area (Å²) in [5.74, 6) is -1.24. The van der Waals surface area contributed by atoms with Gasteiger partial charge in [-0.05, 0) is 25.3 Å². The van der Waals surface area contributed by atoms with Crippen LogP contribution in [0, 0.1) is 12.8 Å². The predicted octanol–water partition coefficient (Wildman–Crippen LogP) is 4.80. The lowest BCUT2D eigenvalue weighted by Crippen LogP contribution is -2.22. The first kappa shape index (κ1) is 17.2. The van der Waals surface area contributed by atoms with Crippen LogP contribution >= 0.6 is 11.3 Å². The summed E-state index contributed by atoms with van der Waals surface area (Å²) in [4.78, 5) is 23.9. The topological polar surface area (TPSA) is 66.4 Å². The predicted molar refractivity (Wildman–Crippen MR) is 94.2 cm³/mol. The smallest absolute Gasteiger partial charge is 0.339 e. The van der Waals surface area contributed by atoms with Crippen molar-refractivity contribution in [1.29, 1.82) is 0 Å². The normalized spacial score (nSPS) is 10.8. The van der Waals surface area contributed by atoms with E-state index in [4.69, 9.17) is 0 Å². The second-order valence-electron chi connectivity index (χ2n) is 5.53. The van der Waals surface area contributed by atoms with E-state index < -0.39 is 5.97 Å². The number of amides is 1. The summed E-state index contributed by atoms with van der Waals surface area (Å²) < 4.78 is 0. The molecule has 2 N–H and O–H groups in total. The second kappa shape index (κ2) is 7.42. The molecule has 0 radical (unpaired) electrons. The zero-order valence-corrected chi connectivity index (χ0v) is 14.4. The maximum absolute atomic E-state index is 12.2. The highest BCUT2D eigenvalue weighted by atomic mass is 32.1. The third-order valence-electron chi connectivity index (χ3n) is 3.96. The van der Waals surface area contributed by atoms with Gasteiger partial charge in [0.1, 0.15) is 10.6 Å². The number of aromatic carboxylic acids is 1. The van der Waals surface area contributed by atoms with E-state index in [1.165, 1.54) is 11.3 Å². The zero-order valence-electron chi connectivity index (χ0n) is 13.6. The largest absolute Gasteiger partial charge is 0.478 e. The molecular formula is C18H21NO3S. The molecule has 0 saturated heterocycles. The van der Waals surface area contributed by atoms with E-state index in [2.05, 4.69) is 5.32 Å². The van der Waals surface area contributed by atoms with Gasteiger partial charge in [0.2, 0.25) is 5.91 Å². The minimum absolute atomic E-state index is 0.0958. The van der Waals surface area contributed by atoms with Gasteiger partial charge in [0.05, 0.1) is 0 Å². The maximum atomic E-state index is 12.2. The molecule has 0 aliphatic carbocycles. The molecule has 0 fully saturated rings. The molecule has 1 amide bonds. The molecule has 4 nitrogen and oxygen atoms in total. The molecule has 23 heavy (non-hydrogen) atoms. The number of thiophene rings is 1. The Bertz CT molecular complexity index is 700. The molecule has 5 heteroatoms. The highest BCUT2D eigenvalue weighted by molar-refractivity contribution is 7.15. The van der Waals surface area contributed by atoms with Crippen LogP contribution < -0.4 is 5.32 Å². The quantitative estimate of drug-likeness (QED) is 0.799. The first-order valence-corrected chi connectivity index (χ1v) is 8.58. The Hall–Kier alpha value is -2.14. The molecule has 0 aliphatic heterocycles. The number of benzene rings is 1. The van der Waals surface area contributed by atoms with E-state index in [1.54, 1.807) is 5.38 Å². The van der Waals surface area contributed by atoms with Crippen molar-refractivity contribution in [1.82, 2.24) is 0 Å². The third kappa shape index (κ3) is 3.79. The van der Waals surface area contributed by atoms with E-state index in [9.17, 15) is 14.7 Å². The van der Waals surface area contributed by atoms with Crippen molar-refractivity contribution in [2.75, 3.05) is 5.32 Å². The number of rotatable bonds is 6. The molecule has 2 aromatic rings. The summed E-state index contributed by atoms with van der Waals surface area (Å²) in [5, 5.41) is 14.6. The van der Waals surface area contributed by atoms with Crippen LogP contribution in [0.5, 0.6) is 0 Å². The number of hydrogen-bond acceptors (Lipinski definition) is 3. The molecule has 122 valence electrons. The van der Waals surface area contributed by atoms with Crippen LogP contribution in [-0.2, 0) is 4.79 Å². The third-order valence-corrected chi connectivity index (χ3v) is 4.86. The molecule has 0 aliphatic rings. The first-order chi connectivity index (χ1) is 11.0. The molecule has 0 atom stereocenters. The molecule has 1 aromatic heterocycles. The van der Waals surface area contributed by atoms with Crippen molar-refractivity contribution < 1.29 is 14.7 Å². The van der Waals surface area contributed by atoms with Crippen molar-refractivity contribution in [3.05, 3.63) is 40.8 Å². The van der Waals surface area contributed by atoms with Crippen molar-refractivity contribution >= 4 is 28.2 Å². The molecule has 0 unspecified atom stereocenters. The van der Waals surface area contributed by atoms with Gasteiger partial charge in [0.25, 0.3) is 0 Å². The van der Waals surface area contributed by atoms with Gasteiger partial charge >= 0.3 is 5.97 Å². The lowest BCUT2D eigenvalue weighted by atomic mass is 10.0. The summed E-state index contributed by atoms with van der Waals surface area (Å²) in [7, 11) is 0. The van der Waals surface area contributed by atoms with Crippen molar-refractivity contribution in [3.8, 4) is 11.1 Å². The number of aryl methyl sites for hydroxylation is 1. The molecule has 2 rings (SSSR count). The fourth-order valence-corrected chi connectivity index (χ4v) is 3.45. The number of carbonyl (C=O) groups excluding carboxylic acids is 1. The summed E-state index contributed by atoms with van der Waals surface area (Å²) in [6, 6.07) is 7.69. The Morgan fingerprint density at radius 2 is 1.78 bits per heavy atom. The van der Waals surface area contributed by atoms with Crippen molar-refractivity contribution in [2.45, 2.75) is 33.6 Å². The highest BCUT2D eigenvalue weighted by Gasteiger charge is 2.23. The minimum Gasteiger partial charge on any atom is -0.478 e. The summed E-state index contributed by atoms with van der Waals surface area (Å²) >= 11 is 1.26. The van der Waals surface area contributed by atoms with Gasteiger partial charge in [-0.3, -0.25) is 4.79 Å². The van der Waals surface area contributed by atoms with Gasteiger partial charge in [-0.2, -0.15) is 0 Å². The molecule has 0 saturated carbocycles. The van der Waals surface area contributed by atoms with Gasteiger partial charge < -0.3 is 10.4 Å². The number of anilines is 1. The SMILES string of the molecule is CCC(CC)C(=O)Nc1scc(-c2ccc(C)cc2)c1C(=O)O. The Balaban J connectivity index is 2.37. The van der Waals surface area contributed by atoms with Gasteiger partial charge in [-0.15, -0.1) is 11.3 Å². The minimum atomic E-state index is -1.03. The fourth-order valence-electron chi connectivity index (χ4n) is 2.48. The number of carboxylic acids is 1. The number of hydrogen-bond donors (Lipinski definition) is 2. The Labute approximate surface area is 140 Å². The van der Waals surface area contributed by atoms with Gasteiger partial charge in [0, 0.05) is 16.9 Å².